The molecule has 1 saturated carbocycles. The summed E-state index contributed by atoms with van der Waals surface area (Å²) >= 11 is 0. The van der Waals surface area contributed by atoms with E-state index in [0.717, 1.165) is 0 Å². The molecule has 1 fully saturated rings. The van der Waals surface area contributed by atoms with Gasteiger partial charge in [0.05, 0.1) is 30.6 Å². The first-order valence-corrected chi connectivity index (χ1v) is 10.8. The van der Waals surface area contributed by atoms with Crippen LogP contribution in [0, 0.1) is 0 Å². The molecule has 1 amide bonds. The smallest absolute Gasteiger partial charge is 0.387 e. The van der Waals surface area contributed by atoms with Gasteiger partial charge in [0.2, 0.25) is 0 Å². The lowest BCUT2D eigenvalue weighted by Gasteiger charge is -2.26. The number of pyridine rings is 1. The number of aliphatic hydroxyl groups is 1. The van der Waals surface area contributed by atoms with Crippen LogP contribution in [0.3, 0.4) is 0 Å². The number of fused-ring (bicyclic) bond motifs is 1. The van der Waals surface area contributed by atoms with Crippen molar-refractivity contribution in [3.05, 3.63) is 42.2 Å². The summed E-state index contributed by atoms with van der Waals surface area (Å²) in [6.45, 7) is 1.88. The molecule has 2 heterocycles. The number of ether oxygens (including phenoxy) is 3. The van der Waals surface area contributed by atoms with Gasteiger partial charge in [0.15, 0.2) is 0 Å². The Morgan fingerprint density at radius 3 is 2.35 bits per heavy atom. The first kappa shape index (κ1) is 25.2. The Bertz CT molecular complexity index is 1150. The van der Waals surface area contributed by atoms with Gasteiger partial charge in [0.25, 0.3) is 5.91 Å². The summed E-state index contributed by atoms with van der Waals surface area (Å²) in [6, 6.07) is 6.22. The molecule has 1 atom stereocenters. The largest absolute Gasteiger partial charge is 0.496 e. The number of amides is 1. The zero-order valence-electron chi connectivity index (χ0n) is 19.5. The van der Waals surface area contributed by atoms with Gasteiger partial charge in [-0.3, -0.25) is 4.79 Å². The number of hydrogen-bond donors (Lipinski definition) is 2. The molecule has 1 aliphatic rings. The molecular weight excluding hydrogens is 448 g/mol. The Kier molecular flexibility index (Phi) is 7.61. The zero-order valence-corrected chi connectivity index (χ0v) is 19.5. The molecule has 10 heteroatoms. The average molecular weight is 478 g/mol. The van der Waals surface area contributed by atoms with Crippen molar-refractivity contribution in [1.29, 1.82) is 0 Å². The number of aromatic nitrogens is 2. The molecule has 1 aromatic carbocycles. The topological polar surface area (TPSA) is 108 Å². The highest BCUT2D eigenvalue weighted by molar-refractivity contribution is 6.00. The number of benzene rings is 1. The van der Waals surface area contributed by atoms with Crippen molar-refractivity contribution >= 4 is 11.4 Å². The number of methoxy groups -OCH3 is 1. The van der Waals surface area contributed by atoms with Crippen molar-refractivity contribution in [2.75, 3.05) is 7.11 Å². The van der Waals surface area contributed by atoms with E-state index < -0.39 is 30.0 Å². The Morgan fingerprint density at radius 2 is 1.82 bits per heavy atom. The minimum absolute atomic E-state index is 0.000967. The van der Waals surface area contributed by atoms with E-state index in [1.165, 1.54) is 44.7 Å². The highest BCUT2D eigenvalue weighted by Crippen LogP contribution is 2.37. The highest BCUT2D eigenvalue weighted by atomic mass is 19.3. The monoisotopic (exact) mass is 477 g/mol. The number of halogens is 2. The molecule has 0 spiro atoms. The van der Waals surface area contributed by atoms with Gasteiger partial charge in [-0.1, -0.05) is 19.3 Å². The third-order valence-electron chi connectivity index (χ3n) is 5.21. The molecule has 3 aromatic rings. The quantitative estimate of drug-likeness (QED) is 0.497. The van der Waals surface area contributed by atoms with Gasteiger partial charge in [0.1, 0.15) is 28.9 Å². The van der Waals surface area contributed by atoms with Gasteiger partial charge >= 0.3 is 6.61 Å². The van der Waals surface area contributed by atoms with E-state index in [9.17, 15) is 18.7 Å². The van der Waals surface area contributed by atoms with E-state index >= 15 is 0 Å². The Balaban J connectivity index is 0.000000999. The van der Waals surface area contributed by atoms with E-state index in [4.69, 9.17) is 15.2 Å². The minimum Gasteiger partial charge on any atom is -0.496 e. The lowest BCUT2D eigenvalue weighted by molar-refractivity contribution is -0.0502. The second-order valence-corrected chi connectivity index (χ2v) is 8.52. The van der Waals surface area contributed by atoms with Gasteiger partial charge in [-0.25, -0.2) is 4.52 Å². The number of carbonyl (C=O) groups excluding carboxylic acids is 1. The Hall–Kier alpha value is -3.40. The van der Waals surface area contributed by atoms with Gasteiger partial charge in [-0.05, 0) is 50.6 Å². The van der Waals surface area contributed by atoms with Crippen molar-refractivity contribution in [3.63, 3.8) is 0 Å². The summed E-state index contributed by atoms with van der Waals surface area (Å²) in [4.78, 5) is 11.8. The van der Waals surface area contributed by atoms with E-state index in [-0.39, 0.29) is 11.3 Å². The fourth-order valence-corrected chi connectivity index (χ4v) is 2.94. The van der Waals surface area contributed by atoms with Crippen LogP contribution < -0.4 is 19.9 Å². The van der Waals surface area contributed by atoms with Gasteiger partial charge in [-0.2, -0.15) is 13.9 Å². The molecule has 8 nitrogen and oxygen atoms in total. The van der Waals surface area contributed by atoms with Crippen LogP contribution in [0.25, 0.3) is 16.6 Å². The van der Waals surface area contributed by atoms with Crippen LogP contribution in [-0.2, 0) is 0 Å². The molecule has 34 heavy (non-hydrogen) atoms. The number of carbonyl (C=O) groups is 1. The van der Waals surface area contributed by atoms with Crippen LogP contribution in [0.1, 0.15) is 50.4 Å². The molecular formula is C24H29F2N3O5. The molecule has 0 aliphatic heterocycles. The number of alkyl halides is 2. The second kappa shape index (κ2) is 10.3. The number of primary amides is 1. The van der Waals surface area contributed by atoms with Crippen molar-refractivity contribution in [2.24, 2.45) is 5.73 Å². The van der Waals surface area contributed by atoms with Gasteiger partial charge in [-0.15, -0.1) is 0 Å². The molecule has 0 saturated heterocycles. The maximum absolute atomic E-state index is 12.9. The normalized spacial score (nSPS) is 13.8. The molecule has 2 aromatic heterocycles. The summed E-state index contributed by atoms with van der Waals surface area (Å²) in [5.74, 6) is -0.865. The van der Waals surface area contributed by atoms with Crippen LogP contribution >= 0.6 is 0 Å². The molecule has 1 aliphatic carbocycles. The third-order valence-corrected chi connectivity index (χ3v) is 5.21. The lowest BCUT2D eigenvalue weighted by atomic mass is 10.0. The van der Waals surface area contributed by atoms with Crippen LogP contribution in [0.15, 0.2) is 36.7 Å². The van der Waals surface area contributed by atoms with Crippen LogP contribution in [-0.4, -0.2) is 46.1 Å². The van der Waals surface area contributed by atoms with Crippen LogP contribution in [0.2, 0.25) is 0 Å². The van der Waals surface area contributed by atoms with Crippen LogP contribution in [0.5, 0.6) is 17.2 Å². The maximum Gasteiger partial charge on any atom is 0.387 e. The van der Waals surface area contributed by atoms with E-state index in [1.54, 1.807) is 43.6 Å². The van der Waals surface area contributed by atoms with E-state index in [2.05, 4.69) is 9.84 Å². The number of rotatable bonds is 8. The van der Waals surface area contributed by atoms with E-state index in [1.807, 2.05) is 0 Å². The maximum atomic E-state index is 12.9. The number of hydrogen-bond acceptors (Lipinski definition) is 6. The van der Waals surface area contributed by atoms with Crippen LogP contribution in [0.4, 0.5) is 8.78 Å². The first-order chi connectivity index (χ1) is 16.0. The lowest BCUT2D eigenvalue weighted by Crippen LogP contribution is -2.37. The highest BCUT2D eigenvalue weighted by Gasteiger charge is 2.25. The number of nitrogens with zero attached hydrogens (tertiary/aromatic N) is 2. The summed E-state index contributed by atoms with van der Waals surface area (Å²) in [5.41, 5.74) is 5.66. The Labute approximate surface area is 196 Å². The second-order valence-electron chi connectivity index (χ2n) is 8.52. The summed E-state index contributed by atoms with van der Waals surface area (Å²) in [5, 5.41) is 14.3. The molecule has 184 valence electrons. The summed E-state index contributed by atoms with van der Waals surface area (Å²) in [7, 11) is 1.29. The Morgan fingerprint density at radius 1 is 1.18 bits per heavy atom. The molecule has 0 unspecified atom stereocenters. The van der Waals surface area contributed by atoms with Crippen molar-refractivity contribution in [1.82, 2.24) is 9.61 Å². The molecule has 0 bridgehead atoms. The zero-order chi connectivity index (χ0) is 25.0. The predicted molar refractivity (Wildman–Crippen MR) is 123 cm³/mol. The molecule has 4 rings (SSSR count). The fourth-order valence-electron chi connectivity index (χ4n) is 2.94. The number of nitrogens with two attached hydrogens (primary N) is 1. The van der Waals surface area contributed by atoms with Gasteiger partial charge < -0.3 is 25.1 Å². The van der Waals surface area contributed by atoms with E-state index in [0.29, 0.717) is 22.4 Å². The predicted octanol–water partition coefficient (Wildman–Crippen LogP) is 4.42. The van der Waals surface area contributed by atoms with Crippen molar-refractivity contribution in [2.45, 2.75) is 58.4 Å². The van der Waals surface area contributed by atoms with Gasteiger partial charge in [0, 0.05) is 5.56 Å². The van der Waals surface area contributed by atoms with Crippen molar-refractivity contribution in [3.8, 4) is 28.4 Å². The summed E-state index contributed by atoms with van der Waals surface area (Å²) in [6.07, 6.45) is 7.19. The first-order valence-electron chi connectivity index (χ1n) is 10.8. The summed E-state index contributed by atoms with van der Waals surface area (Å²) < 4.78 is 42.8. The minimum atomic E-state index is -3.15. The molecule has 0 radical (unpaired) electrons. The third kappa shape index (κ3) is 6.13. The fraction of sp³-hybridized carbons (Fsp3) is 0.417. The molecule has 3 N–H and O–H groups in total. The average Bonchev–Trinajstić information content (AvgIpc) is 3.58. The van der Waals surface area contributed by atoms with Crippen molar-refractivity contribution < 1.29 is 32.9 Å². The standard InChI is InChI=1S/C21H23F2N3O5.C3H6/c1-11(21(2,3)28)30-13-5-6-15-14(9-25-26(15)10-13)12-7-16(29-4)18(19(24)27)17(8-12)31-20(22)23;1-2-3-1/h5-11,20,28H,1-4H3,(H2,24,27);1-3H2/t11-;/m0./s1. The SMILES string of the molecule is C1CC1.COc1cc(-c2cnn3cc(O[C@@H](C)C(C)(C)O)ccc23)cc(OC(F)F)c1C(N)=O.